The van der Waals surface area contributed by atoms with Crippen LogP contribution in [0.3, 0.4) is 0 Å². The summed E-state index contributed by atoms with van der Waals surface area (Å²) in [5, 5.41) is 3.32. The van der Waals surface area contributed by atoms with Crippen LogP contribution in [0.4, 0.5) is 24.8 Å². The van der Waals surface area contributed by atoms with Crippen LogP contribution in [-0.2, 0) is 12.5 Å². The van der Waals surface area contributed by atoms with E-state index in [0.29, 0.717) is 30.6 Å². The smallest absolute Gasteiger partial charge is 0.276 e. The van der Waals surface area contributed by atoms with Crippen molar-refractivity contribution >= 4 is 34.1 Å². The number of benzene rings is 1. The molecule has 5 aliphatic rings. The Morgan fingerprint density at radius 2 is 1.74 bits per heavy atom. The van der Waals surface area contributed by atoms with Gasteiger partial charge in [-0.2, -0.15) is 10.5 Å². The lowest BCUT2D eigenvalue weighted by molar-refractivity contribution is -0.0592. The Kier molecular flexibility index (Phi) is 9.01. The van der Waals surface area contributed by atoms with Crippen LogP contribution < -0.4 is 10.2 Å². The normalized spacial score (nSPS) is 28.1. The second kappa shape index (κ2) is 12.8. The second-order valence-electron chi connectivity index (χ2n) is 12.8. The minimum absolute atomic E-state index is 0.0493. The zero-order valence-electron chi connectivity index (χ0n) is 25.3. The fourth-order valence-corrected chi connectivity index (χ4v) is 8.55. The van der Waals surface area contributed by atoms with Crippen molar-refractivity contribution in [3.8, 4) is 0 Å². The molecule has 0 spiro atoms. The van der Waals surface area contributed by atoms with Crippen molar-refractivity contribution in [2.24, 2.45) is 11.8 Å². The van der Waals surface area contributed by atoms with Gasteiger partial charge in [-0.15, -0.1) is 0 Å². The number of alkyl halides is 2. The quantitative estimate of drug-likeness (QED) is 0.334. The topological polar surface area (TPSA) is 44.3 Å². The molecule has 232 valence electrons. The van der Waals surface area contributed by atoms with Gasteiger partial charge in [0.05, 0.1) is 11.1 Å². The third-order valence-corrected chi connectivity index (χ3v) is 11.2. The first kappa shape index (κ1) is 30.4. The van der Waals surface area contributed by atoms with Gasteiger partial charge in [0.1, 0.15) is 23.3 Å². The van der Waals surface area contributed by atoms with E-state index in [1.165, 1.54) is 17.7 Å². The molecule has 5 aliphatic heterocycles. The molecule has 2 saturated heterocycles. The largest absolute Gasteiger partial charge is 0.365 e. The number of aryl methyl sites for hydroxylation is 1. The highest BCUT2D eigenvalue weighted by Crippen LogP contribution is 2.44. The molecule has 0 aliphatic carbocycles. The fraction of sp³-hybridized carbons (Fsp3) is 0.559. The van der Waals surface area contributed by atoms with E-state index < -0.39 is 17.3 Å². The molecule has 6 heterocycles. The highest BCUT2D eigenvalue weighted by Gasteiger charge is 2.41. The number of halogens is 3. The SMILES string of the molecule is C=C1C(C2CCS(=C)CC2)=Cc2c3nc(C)nc2N1CCCCCCCN1CC(C1)CC(F)(F)c1cccc(c1F)CN3. The van der Waals surface area contributed by atoms with Crippen LogP contribution >= 0.6 is 10.5 Å². The molecule has 0 radical (unpaired) electrons. The molecule has 5 nitrogen and oxygen atoms in total. The van der Waals surface area contributed by atoms with Gasteiger partial charge in [0.2, 0.25) is 0 Å². The van der Waals surface area contributed by atoms with Gasteiger partial charge in [-0.05, 0) is 74.1 Å². The maximum atomic E-state index is 15.7. The predicted molar refractivity (Wildman–Crippen MR) is 174 cm³/mol. The molecule has 43 heavy (non-hydrogen) atoms. The number of rotatable bonds is 1. The Morgan fingerprint density at radius 3 is 2.51 bits per heavy atom. The molecule has 0 saturated carbocycles. The highest BCUT2D eigenvalue weighted by molar-refractivity contribution is 8.14. The molecule has 1 N–H and O–H groups in total. The first-order valence-electron chi connectivity index (χ1n) is 15.9. The van der Waals surface area contributed by atoms with Crippen molar-refractivity contribution in [3.05, 3.63) is 64.4 Å². The van der Waals surface area contributed by atoms with Crippen LogP contribution in [0.2, 0.25) is 0 Å². The number of hydrogen-bond acceptors (Lipinski definition) is 5. The first-order valence-corrected chi connectivity index (χ1v) is 17.6. The summed E-state index contributed by atoms with van der Waals surface area (Å²) in [4.78, 5) is 14.1. The van der Waals surface area contributed by atoms with Gasteiger partial charge < -0.3 is 15.1 Å². The third-order valence-electron chi connectivity index (χ3n) is 9.55. The standard InChI is InChI=1S/C34H44F3N5S/c1-23-28(26-12-16-43(3)17-13-26)18-29-32-38-20-27-10-9-11-30(31(27)35)34(36,37)19-25-21-41(22-25)14-7-5-4-6-8-15-42(23)33(29)40-24(2)39-32/h9-11,18,25-26H,1,3-8,12-17,19-22H2,2H3,(H,38,39,40). The van der Waals surface area contributed by atoms with Crippen molar-refractivity contribution in [2.45, 2.75) is 70.8 Å². The Hall–Kier alpha value is -2.65. The fourth-order valence-electron chi connectivity index (χ4n) is 7.11. The van der Waals surface area contributed by atoms with Crippen molar-refractivity contribution < 1.29 is 13.2 Å². The number of fused-ring (bicyclic) bond motifs is 8. The zero-order chi connectivity index (χ0) is 30.1. The monoisotopic (exact) mass is 611 g/mol. The van der Waals surface area contributed by atoms with E-state index in [2.05, 4.69) is 33.6 Å². The molecule has 1 aromatic carbocycles. The van der Waals surface area contributed by atoms with Crippen molar-refractivity contribution in [1.29, 1.82) is 0 Å². The number of hydrogen-bond donors (Lipinski definition) is 1. The number of aromatic nitrogens is 2. The minimum atomic E-state index is -3.22. The lowest BCUT2D eigenvalue weighted by Crippen LogP contribution is -2.48. The molecule has 1 aromatic heterocycles. The zero-order valence-corrected chi connectivity index (χ0v) is 26.1. The predicted octanol–water partition coefficient (Wildman–Crippen LogP) is 7.74. The highest BCUT2D eigenvalue weighted by atomic mass is 32.2. The third kappa shape index (κ3) is 6.58. The molecule has 9 heteroatoms. The molecule has 0 amide bonds. The summed E-state index contributed by atoms with van der Waals surface area (Å²) in [5.74, 6) is 4.80. The number of anilines is 2. The van der Waals surface area contributed by atoms with Crippen LogP contribution in [-0.4, -0.2) is 58.4 Å². The number of allylic oxidation sites excluding steroid dienone is 1. The number of nitrogens with one attached hydrogen (secondary N) is 1. The Bertz CT molecular complexity index is 1410. The summed E-state index contributed by atoms with van der Waals surface area (Å²) in [6, 6.07) is 4.35. The molecule has 0 unspecified atom stereocenters. The molecular formula is C34H44F3N5S. The van der Waals surface area contributed by atoms with E-state index in [1.807, 2.05) is 6.92 Å². The van der Waals surface area contributed by atoms with Gasteiger partial charge in [0.15, 0.2) is 0 Å². The van der Waals surface area contributed by atoms with Gasteiger partial charge in [0, 0.05) is 43.9 Å². The summed E-state index contributed by atoms with van der Waals surface area (Å²) in [5.41, 5.74) is 2.80. The Morgan fingerprint density at radius 1 is 1.02 bits per heavy atom. The minimum Gasteiger partial charge on any atom is -0.365 e. The molecule has 2 aromatic rings. The second-order valence-corrected chi connectivity index (χ2v) is 14.8. The number of nitrogens with zero attached hydrogens (tertiary/aromatic N) is 4. The van der Waals surface area contributed by atoms with Crippen molar-refractivity contribution in [2.75, 3.05) is 47.9 Å². The Balaban J connectivity index is 1.35. The average molecular weight is 612 g/mol. The average Bonchev–Trinajstić information content (AvgIpc) is 2.95. The molecular weight excluding hydrogens is 567 g/mol. The van der Waals surface area contributed by atoms with Crippen LogP contribution in [0.1, 0.15) is 73.9 Å². The summed E-state index contributed by atoms with van der Waals surface area (Å²) >= 11 is 0. The molecule has 8 bridgehead atoms. The summed E-state index contributed by atoms with van der Waals surface area (Å²) in [6.07, 6.45) is 9.51. The molecule has 0 atom stereocenters. The van der Waals surface area contributed by atoms with Crippen molar-refractivity contribution in [3.63, 3.8) is 0 Å². The lowest BCUT2D eigenvalue weighted by Gasteiger charge is -2.41. The maximum Gasteiger partial charge on any atom is 0.276 e. The van der Waals surface area contributed by atoms with Crippen LogP contribution in [0, 0.1) is 24.6 Å². The van der Waals surface area contributed by atoms with E-state index in [0.717, 1.165) is 86.6 Å². The van der Waals surface area contributed by atoms with Gasteiger partial charge >= 0.3 is 0 Å². The van der Waals surface area contributed by atoms with E-state index in [9.17, 15) is 0 Å². The summed E-state index contributed by atoms with van der Waals surface area (Å²) in [7, 11) is 0.221. The van der Waals surface area contributed by atoms with Crippen LogP contribution in [0.5, 0.6) is 0 Å². The van der Waals surface area contributed by atoms with Gasteiger partial charge in [-0.25, -0.2) is 23.1 Å². The van der Waals surface area contributed by atoms with Gasteiger partial charge in [0.25, 0.3) is 5.92 Å². The van der Waals surface area contributed by atoms with Crippen LogP contribution in [0.25, 0.3) is 6.08 Å². The van der Waals surface area contributed by atoms with Gasteiger partial charge in [-0.1, -0.05) is 49.9 Å². The molecule has 7 rings (SSSR count). The van der Waals surface area contributed by atoms with E-state index in [4.69, 9.17) is 9.97 Å². The lowest BCUT2D eigenvalue weighted by atomic mass is 9.87. The summed E-state index contributed by atoms with van der Waals surface area (Å²) in [6.45, 7) is 9.57. The van der Waals surface area contributed by atoms with Gasteiger partial charge in [-0.3, -0.25) is 0 Å². The van der Waals surface area contributed by atoms with E-state index in [1.54, 1.807) is 6.07 Å². The van der Waals surface area contributed by atoms with E-state index in [-0.39, 0.29) is 34.9 Å². The maximum absolute atomic E-state index is 15.7. The molecule has 2 fully saturated rings. The van der Waals surface area contributed by atoms with Crippen LogP contribution in [0.15, 0.2) is 36.0 Å². The Labute approximate surface area is 256 Å². The van der Waals surface area contributed by atoms with Crippen molar-refractivity contribution in [1.82, 2.24) is 14.9 Å². The summed E-state index contributed by atoms with van der Waals surface area (Å²) < 4.78 is 46.5. The van der Waals surface area contributed by atoms with E-state index >= 15 is 13.2 Å². The first-order chi connectivity index (χ1) is 20.7.